The maximum atomic E-state index is 13.2. The highest BCUT2D eigenvalue weighted by molar-refractivity contribution is 5.28. The van der Waals surface area contributed by atoms with Crippen molar-refractivity contribution in [1.82, 2.24) is 0 Å². The van der Waals surface area contributed by atoms with Crippen molar-refractivity contribution in [3.05, 3.63) is 35.1 Å². The number of aliphatic hydroxyl groups excluding tert-OH is 2. The number of hydrogen-bond donors (Lipinski definition) is 2. The van der Waals surface area contributed by atoms with Gasteiger partial charge in [-0.1, -0.05) is 13.0 Å². The van der Waals surface area contributed by atoms with Gasteiger partial charge in [0.15, 0.2) is 0 Å². The van der Waals surface area contributed by atoms with Crippen molar-refractivity contribution in [3.63, 3.8) is 0 Å². The first-order valence-electron chi connectivity index (χ1n) is 5.00. The van der Waals surface area contributed by atoms with Gasteiger partial charge in [0, 0.05) is 0 Å². The van der Waals surface area contributed by atoms with Crippen LogP contribution in [0.15, 0.2) is 18.2 Å². The number of halogens is 4. The van der Waals surface area contributed by atoms with E-state index >= 15 is 0 Å². The van der Waals surface area contributed by atoms with Crippen molar-refractivity contribution in [3.8, 4) is 0 Å². The lowest BCUT2D eigenvalue weighted by Crippen LogP contribution is -2.18. The standard InChI is InChI=1S/C11H12F4O2/c1-2-9(16)10(17)6-3-4-7(8(12)5-6)11(13,14)15/h3-5,9-10,16-17H,2H2,1H3. The van der Waals surface area contributed by atoms with Gasteiger partial charge in [0.2, 0.25) is 0 Å². The van der Waals surface area contributed by atoms with Gasteiger partial charge in [-0.3, -0.25) is 0 Å². The van der Waals surface area contributed by atoms with E-state index in [-0.39, 0.29) is 12.0 Å². The average Bonchev–Trinajstić information content (AvgIpc) is 2.25. The molecule has 2 atom stereocenters. The molecule has 1 aromatic carbocycles. The summed E-state index contributed by atoms with van der Waals surface area (Å²) < 4.78 is 49.9. The second-order valence-corrected chi connectivity index (χ2v) is 3.66. The highest BCUT2D eigenvalue weighted by atomic mass is 19.4. The van der Waals surface area contributed by atoms with E-state index in [0.29, 0.717) is 12.1 Å². The zero-order valence-corrected chi connectivity index (χ0v) is 9.00. The van der Waals surface area contributed by atoms with Crippen LogP contribution in [0, 0.1) is 5.82 Å². The molecule has 0 amide bonds. The van der Waals surface area contributed by atoms with E-state index in [1.54, 1.807) is 6.92 Å². The van der Waals surface area contributed by atoms with Crippen molar-refractivity contribution in [2.45, 2.75) is 31.7 Å². The van der Waals surface area contributed by atoms with Crippen molar-refractivity contribution in [2.75, 3.05) is 0 Å². The molecule has 2 N–H and O–H groups in total. The van der Waals surface area contributed by atoms with Crippen LogP contribution in [-0.2, 0) is 6.18 Å². The maximum absolute atomic E-state index is 13.2. The van der Waals surface area contributed by atoms with E-state index in [0.717, 1.165) is 6.07 Å². The van der Waals surface area contributed by atoms with Gasteiger partial charge >= 0.3 is 6.18 Å². The molecule has 2 nitrogen and oxygen atoms in total. The van der Waals surface area contributed by atoms with Crippen LogP contribution in [0.3, 0.4) is 0 Å². The Hall–Kier alpha value is -1.14. The van der Waals surface area contributed by atoms with E-state index in [1.807, 2.05) is 0 Å². The van der Waals surface area contributed by atoms with Crippen LogP contribution >= 0.6 is 0 Å². The summed E-state index contributed by atoms with van der Waals surface area (Å²) in [5.74, 6) is -1.46. The first-order valence-corrected chi connectivity index (χ1v) is 5.00. The molecule has 96 valence electrons. The maximum Gasteiger partial charge on any atom is 0.419 e. The highest BCUT2D eigenvalue weighted by Gasteiger charge is 2.34. The Bertz CT molecular complexity index is 390. The Morgan fingerprint density at radius 1 is 1.24 bits per heavy atom. The molecule has 0 aliphatic heterocycles. The molecule has 1 rings (SSSR count). The molecule has 0 aromatic heterocycles. The monoisotopic (exact) mass is 252 g/mol. The third kappa shape index (κ3) is 3.17. The minimum absolute atomic E-state index is 0.0788. The topological polar surface area (TPSA) is 40.5 Å². The Morgan fingerprint density at radius 3 is 2.24 bits per heavy atom. The summed E-state index contributed by atoms with van der Waals surface area (Å²) in [4.78, 5) is 0. The van der Waals surface area contributed by atoms with E-state index in [9.17, 15) is 27.8 Å². The van der Waals surface area contributed by atoms with Gasteiger partial charge in [-0.15, -0.1) is 0 Å². The van der Waals surface area contributed by atoms with E-state index in [4.69, 9.17) is 0 Å². The lowest BCUT2D eigenvalue weighted by atomic mass is 10.0. The number of aliphatic hydroxyl groups is 2. The molecule has 1 aromatic rings. The van der Waals surface area contributed by atoms with Crippen molar-refractivity contribution < 1.29 is 27.8 Å². The van der Waals surface area contributed by atoms with Crippen LogP contribution in [0.25, 0.3) is 0 Å². The molecule has 6 heteroatoms. The molecule has 0 saturated heterocycles. The predicted molar refractivity (Wildman–Crippen MR) is 52.7 cm³/mol. The normalized spacial score (nSPS) is 15.7. The molecule has 0 aliphatic rings. The van der Waals surface area contributed by atoms with E-state index in [1.165, 1.54) is 0 Å². The Balaban J connectivity index is 3.05. The van der Waals surface area contributed by atoms with Gasteiger partial charge in [0.25, 0.3) is 0 Å². The molecule has 0 aliphatic carbocycles. The summed E-state index contributed by atoms with van der Waals surface area (Å²) in [5.41, 5.74) is -1.47. The molecule has 0 spiro atoms. The molecule has 0 bridgehead atoms. The van der Waals surface area contributed by atoms with Gasteiger partial charge in [-0.25, -0.2) is 4.39 Å². The van der Waals surface area contributed by atoms with Crippen LogP contribution in [0.2, 0.25) is 0 Å². The highest BCUT2D eigenvalue weighted by Crippen LogP contribution is 2.32. The smallest absolute Gasteiger partial charge is 0.390 e. The van der Waals surface area contributed by atoms with Gasteiger partial charge in [-0.2, -0.15) is 13.2 Å². The lowest BCUT2D eigenvalue weighted by molar-refractivity contribution is -0.140. The summed E-state index contributed by atoms with van der Waals surface area (Å²) in [5, 5.41) is 18.8. The summed E-state index contributed by atoms with van der Waals surface area (Å²) in [7, 11) is 0. The van der Waals surface area contributed by atoms with Crippen LogP contribution in [0.4, 0.5) is 17.6 Å². The average molecular weight is 252 g/mol. The van der Waals surface area contributed by atoms with Gasteiger partial charge < -0.3 is 10.2 Å². The van der Waals surface area contributed by atoms with Crippen molar-refractivity contribution >= 4 is 0 Å². The third-order valence-electron chi connectivity index (χ3n) is 2.42. The second-order valence-electron chi connectivity index (χ2n) is 3.66. The molecular formula is C11H12F4O2. The molecule has 17 heavy (non-hydrogen) atoms. The lowest BCUT2D eigenvalue weighted by Gasteiger charge is -2.17. The Labute approximate surface area is 95.5 Å². The minimum Gasteiger partial charge on any atom is -0.390 e. The Kier molecular flexibility index (Phi) is 4.11. The van der Waals surface area contributed by atoms with Crippen molar-refractivity contribution in [2.24, 2.45) is 0 Å². The molecule has 0 fully saturated rings. The predicted octanol–water partition coefficient (Wildman–Crippen LogP) is 2.65. The van der Waals surface area contributed by atoms with Gasteiger partial charge in [0.05, 0.1) is 11.7 Å². The molecule has 0 radical (unpaired) electrons. The molecule has 2 unspecified atom stereocenters. The van der Waals surface area contributed by atoms with E-state index < -0.39 is 29.8 Å². The summed E-state index contributed by atoms with van der Waals surface area (Å²) >= 11 is 0. The minimum atomic E-state index is -4.77. The fourth-order valence-corrected chi connectivity index (χ4v) is 1.39. The SMILES string of the molecule is CCC(O)C(O)c1ccc(C(F)(F)F)c(F)c1. The number of hydrogen-bond acceptors (Lipinski definition) is 2. The van der Waals surface area contributed by atoms with Gasteiger partial charge in [0.1, 0.15) is 11.9 Å². The van der Waals surface area contributed by atoms with Crippen LogP contribution in [0.1, 0.15) is 30.6 Å². The fourth-order valence-electron chi connectivity index (χ4n) is 1.39. The largest absolute Gasteiger partial charge is 0.419 e. The van der Waals surface area contributed by atoms with Crippen LogP contribution < -0.4 is 0 Å². The third-order valence-corrected chi connectivity index (χ3v) is 2.42. The summed E-state index contributed by atoms with van der Waals surface area (Å²) in [6, 6.07) is 2.10. The number of rotatable bonds is 3. The van der Waals surface area contributed by atoms with Crippen LogP contribution in [0.5, 0.6) is 0 Å². The fraction of sp³-hybridized carbons (Fsp3) is 0.455. The molecule has 0 saturated carbocycles. The first-order chi connectivity index (χ1) is 7.77. The Morgan fingerprint density at radius 2 is 1.82 bits per heavy atom. The van der Waals surface area contributed by atoms with Crippen molar-refractivity contribution in [1.29, 1.82) is 0 Å². The number of benzene rings is 1. The summed E-state index contributed by atoms with van der Waals surface area (Å²) in [6.07, 6.45) is -7.08. The number of alkyl halides is 3. The quantitative estimate of drug-likeness (QED) is 0.812. The molecule has 0 heterocycles. The van der Waals surface area contributed by atoms with Gasteiger partial charge in [-0.05, 0) is 24.1 Å². The second kappa shape index (κ2) is 5.01. The zero-order chi connectivity index (χ0) is 13.2. The first kappa shape index (κ1) is 13.9. The molecular weight excluding hydrogens is 240 g/mol. The van der Waals surface area contributed by atoms with Crippen LogP contribution in [-0.4, -0.2) is 16.3 Å². The van der Waals surface area contributed by atoms with E-state index in [2.05, 4.69) is 0 Å². The zero-order valence-electron chi connectivity index (χ0n) is 9.00. The summed E-state index contributed by atoms with van der Waals surface area (Å²) in [6.45, 7) is 1.59.